The van der Waals surface area contributed by atoms with Crippen LogP contribution in [0, 0.1) is 0 Å². The summed E-state index contributed by atoms with van der Waals surface area (Å²) in [7, 11) is -2.41. The number of ether oxygens (including phenoxy) is 1. The van der Waals surface area contributed by atoms with Crippen LogP contribution in [0.2, 0.25) is 5.04 Å². The van der Waals surface area contributed by atoms with Crippen LogP contribution in [0.15, 0.2) is 60.7 Å². The van der Waals surface area contributed by atoms with E-state index in [4.69, 9.17) is 9.16 Å². The molecule has 24 heavy (non-hydrogen) atoms. The van der Waals surface area contributed by atoms with Gasteiger partial charge in [-0.25, -0.2) is 0 Å². The van der Waals surface area contributed by atoms with E-state index in [1.165, 1.54) is 10.4 Å². The van der Waals surface area contributed by atoms with Gasteiger partial charge in [0.2, 0.25) is 0 Å². The van der Waals surface area contributed by atoms with Gasteiger partial charge in [-0.05, 0) is 22.3 Å². The molecular weight excluding hydrogens is 312 g/mol. The summed E-state index contributed by atoms with van der Waals surface area (Å²) in [6.07, 6.45) is 1.55. The van der Waals surface area contributed by atoms with Crippen LogP contribution in [0.4, 0.5) is 0 Å². The Kier molecular flexibility index (Phi) is 4.95. The quantitative estimate of drug-likeness (QED) is 0.590. The van der Waals surface area contributed by atoms with E-state index in [0.717, 1.165) is 13.0 Å². The van der Waals surface area contributed by atoms with Crippen LogP contribution < -0.4 is 10.4 Å². The van der Waals surface area contributed by atoms with Crippen molar-refractivity contribution in [1.29, 1.82) is 0 Å². The molecular formula is C21H28O2Si. The van der Waals surface area contributed by atoms with E-state index in [1.807, 2.05) is 0 Å². The van der Waals surface area contributed by atoms with E-state index >= 15 is 0 Å². The molecule has 2 unspecified atom stereocenters. The van der Waals surface area contributed by atoms with Gasteiger partial charge in [-0.2, -0.15) is 0 Å². The number of benzene rings is 2. The zero-order chi connectivity index (χ0) is 17.2. The van der Waals surface area contributed by atoms with Crippen molar-refractivity contribution in [2.45, 2.75) is 51.4 Å². The molecule has 0 saturated carbocycles. The Morgan fingerprint density at radius 2 is 1.46 bits per heavy atom. The molecule has 3 heteroatoms. The smallest absolute Gasteiger partial charge is 0.261 e. The van der Waals surface area contributed by atoms with E-state index in [-0.39, 0.29) is 11.1 Å². The lowest BCUT2D eigenvalue weighted by Gasteiger charge is -2.44. The fourth-order valence-electron chi connectivity index (χ4n) is 3.62. The molecule has 0 bridgehead atoms. The zero-order valence-corrected chi connectivity index (χ0v) is 16.2. The number of hydrogen-bond donors (Lipinski definition) is 0. The third kappa shape index (κ3) is 3.48. The normalized spacial score (nSPS) is 19.1. The summed E-state index contributed by atoms with van der Waals surface area (Å²) in [5.41, 5.74) is 0. The van der Waals surface area contributed by atoms with Gasteiger partial charge in [-0.3, -0.25) is 0 Å². The van der Waals surface area contributed by atoms with E-state index in [9.17, 15) is 0 Å². The second kappa shape index (κ2) is 6.83. The molecule has 2 aromatic rings. The molecule has 0 aliphatic carbocycles. The molecule has 0 radical (unpaired) electrons. The van der Waals surface area contributed by atoms with Crippen LogP contribution in [0.25, 0.3) is 0 Å². The van der Waals surface area contributed by atoms with Crippen LogP contribution in [0.1, 0.15) is 34.1 Å². The first-order chi connectivity index (χ1) is 11.4. The van der Waals surface area contributed by atoms with Crippen LogP contribution in [-0.2, 0) is 9.16 Å². The van der Waals surface area contributed by atoms with Gasteiger partial charge >= 0.3 is 0 Å². The molecule has 2 aromatic carbocycles. The Balaban J connectivity index is 2.09. The van der Waals surface area contributed by atoms with Crippen LogP contribution in [-0.4, -0.2) is 27.1 Å². The van der Waals surface area contributed by atoms with E-state index in [2.05, 4.69) is 88.4 Å². The monoisotopic (exact) mass is 340 g/mol. The van der Waals surface area contributed by atoms with E-state index < -0.39 is 8.32 Å². The lowest BCUT2D eigenvalue weighted by molar-refractivity contribution is 0.182. The average molecular weight is 341 g/mol. The molecule has 2 nitrogen and oxygen atoms in total. The third-order valence-electron chi connectivity index (χ3n) is 4.79. The second-order valence-corrected chi connectivity index (χ2v) is 12.0. The van der Waals surface area contributed by atoms with Crippen LogP contribution in [0.5, 0.6) is 0 Å². The van der Waals surface area contributed by atoms with Crippen molar-refractivity contribution in [2.24, 2.45) is 0 Å². The average Bonchev–Trinajstić information content (AvgIpc) is 3.37. The molecule has 0 aromatic heterocycles. The van der Waals surface area contributed by atoms with E-state index in [1.54, 1.807) is 0 Å². The van der Waals surface area contributed by atoms with Crippen LogP contribution in [0.3, 0.4) is 0 Å². The molecule has 1 aliphatic heterocycles. The summed E-state index contributed by atoms with van der Waals surface area (Å²) in [4.78, 5) is 0. The minimum atomic E-state index is -2.41. The number of hydrogen-bond acceptors (Lipinski definition) is 2. The van der Waals surface area contributed by atoms with Gasteiger partial charge in [0, 0.05) is 12.5 Å². The van der Waals surface area contributed by atoms with Gasteiger partial charge in [-0.1, -0.05) is 81.4 Å². The summed E-state index contributed by atoms with van der Waals surface area (Å²) >= 11 is 0. The first-order valence-corrected chi connectivity index (χ1v) is 10.7. The maximum absolute atomic E-state index is 6.98. The highest BCUT2D eigenvalue weighted by atomic mass is 28.4. The highest BCUT2D eigenvalue weighted by Gasteiger charge is 2.51. The molecule has 2 atom stereocenters. The molecule has 0 N–H and O–H groups in total. The summed E-state index contributed by atoms with van der Waals surface area (Å²) in [5.74, 6) is 0. The maximum Gasteiger partial charge on any atom is 0.261 e. The van der Waals surface area contributed by atoms with Crippen molar-refractivity contribution in [3.63, 3.8) is 0 Å². The predicted molar refractivity (Wildman–Crippen MR) is 103 cm³/mol. The fourth-order valence-corrected chi connectivity index (χ4v) is 8.33. The Bertz CT molecular complexity index is 605. The molecule has 0 amide bonds. The summed E-state index contributed by atoms with van der Waals surface area (Å²) < 4.78 is 12.4. The number of epoxide rings is 1. The van der Waals surface area contributed by atoms with Gasteiger partial charge in [0.15, 0.2) is 0 Å². The Labute approximate surface area is 146 Å². The largest absolute Gasteiger partial charge is 0.405 e. The predicted octanol–water partition coefficient (Wildman–Crippen LogP) is 3.74. The van der Waals surface area contributed by atoms with Crippen LogP contribution >= 0.6 is 0 Å². The van der Waals surface area contributed by atoms with Gasteiger partial charge in [0.05, 0.1) is 12.7 Å². The summed E-state index contributed by atoms with van der Waals surface area (Å²) in [5, 5.41) is 2.72. The highest BCUT2D eigenvalue weighted by Crippen LogP contribution is 2.38. The Hall–Kier alpha value is -1.42. The van der Waals surface area contributed by atoms with Gasteiger partial charge < -0.3 is 9.16 Å². The Morgan fingerprint density at radius 1 is 1.00 bits per heavy atom. The van der Waals surface area contributed by atoms with Crippen molar-refractivity contribution >= 4 is 18.7 Å². The fraction of sp³-hybridized carbons (Fsp3) is 0.429. The van der Waals surface area contributed by atoms with Crippen molar-refractivity contribution in [3.05, 3.63) is 60.7 Å². The zero-order valence-electron chi connectivity index (χ0n) is 15.2. The first-order valence-electron chi connectivity index (χ1n) is 8.84. The topological polar surface area (TPSA) is 21.8 Å². The standard InChI is InChI=1S/C21H28O2Si/c1-17(15-18-16-22-18)23-24(21(2,3)4,19-11-7-5-8-12-19)20-13-9-6-10-14-20/h5-14,17-18H,15-16H2,1-4H3. The third-order valence-corrected chi connectivity index (χ3v) is 9.95. The van der Waals surface area contributed by atoms with Crippen molar-refractivity contribution in [2.75, 3.05) is 6.61 Å². The second-order valence-electron chi connectivity index (χ2n) is 7.78. The first kappa shape index (κ1) is 17.4. The minimum Gasteiger partial charge on any atom is -0.405 e. The molecule has 0 spiro atoms. The Morgan fingerprint density at radius 3 is 1.83 bits per heavy atom. The number of rotatable bonds is 6. The lowest BCUT2D eigenvalue weighted by Crippen LogP contribution is -2.67. The van der Waals surface area contributed by atoms with Gasteiger partial charge in [0.1, 0.15) is 0 Å². The molecule has 1 aliphatic rings. The summed E-state index contributed by atoms with van der Waals surface area (Å²) in [6, 6.07) is 21.6. The summed E-state index contributed by atoms with van der Waals surface area (Å²) in [6.45, 7) is 10.0. The molecule has 3 rings (SSSR count). The maximum atomic E-state index is 6.98. The SMILES string of the molecule is CC(CC1CO1)O[Si](c1ccccc1)(c1ccccc1)C(C)(C)C. The molecule has 128 valence electrons. The van der Waals surface area contributed by atoms with E-state index in [0.29, 0.717) is 6.10 Å². The minimum absolute atomic E-state index is 0.0361. The molecule has 1 fully saturated rings. The van der Waals surface area contributed by atoms with Crippen molar-refractivity contribution in [3.8, 4) is 0 Å². The molecule has 1 saturated heterocycles. The van der Waals surface area contributed by atoms with Gasteiger partial charge in [0.25, 0.3) is 8.32 Å². The molecule has 1 heterocycles. The highest BCUT2D eigenvalue weighted by molar-refractivity contribution is 6.99. The lowest BCUT2D eigenvalue weighted by atomic mass is 10.2. The van der Waals surface area contributed by atoms with Crippen molar-refractivity contribution < 1.29 is 9.16 Å². The van der Waals surface area contributed by atoms with Gasteiger partial charge in [-0.15, -0.1) is 0 Å². The van der Waals surface area contributed by atoms with Crippen molar-refractivity contribution in [1.82, 2.24) is 0 Å².